The Balaban J connectivity index is 1.59. The van der Waals surface area contributed by atoms with E-state index in [1.165, 1.54) is 6.07 Å². The lowest BCUT2D eigenvalue weighted by Crippen LogP contribution is -2.69. The zero-order valence-electron chi connectivity index (χ0n) is 14.0. The van der Waals surface area contributed by atoms with Gasteiger partial charge in [0.25, 0.3) is 0 Å². The van der Waals surface area contributed by atoms with E-state index >= 15 is 0 Å². The zero-order valence-corrected chi connectivity index (χ0v) is 14.0. The summed E-state index contributed by atoms with van der Waals surface area (Å²) in [4.78, 5) is 11.3. The number of aromatic nitrogens is 3. The Morgan fingerprint density at radius 3 is 2.58 bits per heavy atom. The van der Waals surface area contributed by atoms with E-state index in [1.807, 2.05) is 10.8 Å². The Bertz CT molecular complexity index is 1070. The molecule has 0 amide bonds. The zero-order chi connectivity index (χ0) is 18.5. The highest BCUT2D eigenvalue weighted by atomic mass is 19.4. The number of carboxylic acid groups (broad SMARTS) is 1. The monoisotopic (exact) mass is 363 g/mol. The van der Waals surface area contributed by atoms with E-state index in [4.69, 9.17) is 0 Å². The quantitative estimate of drug-likeness (QED) is 0.766. The Kier molecular flexibility index (Phi) is 2.67. The third-order valence-corrected chi connectivity index (χ3v) is 6.12. The molecule has 0 unspecified atom stereocenters. The normalized spacial score (nSPS) is 27.5. The number of rotatable bonds is 3. The fourth-order valence-electron chi connectivity index (χ4n) is 5.06. The van der Waals surface area contributed by atoms with Crippen LogP contribution in [0.1, 0.15) is 29.6 Å². The molecule has 3 aliphatic carbocycles. The number of aryl methyl sites for hydroxylation is 1. The minimum absolute atomic E-state index is 0.171. The first-order valence-corrected chi connectivity index (χ1v) is 8.39. The predicted octanol–water partition coefficient (Wildman–Crippen LogP) is 3.96. The first-order valence-electron chi connectivity index (χ1n) is 8.39. The van der Waals surface area contributed by atoms with Crippen molar-refractivity contribution in [2.24, 2.45) is 17.9 Å². The molecule has 3 aromatic rings. The van der Waals surface area contributed by atoms with Crippen molar-refractivity contribution in [2.45, 2.75) is 32.0 Å². The van der Waals surface area contributed by atoms with Crippen molar-refractivity contribution in [3.8, 4) is 0 Å². The summed E-state index contributed by atoms with van der Waals surface area (Å²) < 4.78 is 43.0. The standard InChI is InChI=1S/C18H16F3N3O2/c1-23-5-12-11-4-10(15(25)26)2-3-13(11)24(14(12)22-23)9-16-6-17(7-16,8-16)18(19,20)21/h2-5H,6-9H2,1H3,(H,25,26). The molecule has 0 saturated heterocycles. The van der Waals surface area contributed by atoms with Gasteiger partial charge in [-0.3, -0.25) is 4.68 Å². The number of fused-ring (bicyclic) bond motifs is 3. The fraction of sp³-hybridized carbons (Fsp3) is 0.444. The summed E-state index contributed by atoms with van der Waals surface area (Å²) in [6.07, 6.45) is -1.79. The summed E-state index contributed by atoms with van der Waals surface area (Å²) in [5.74, 6) is -1.01. The maximum absolute atomic E-state index is 13.1. The van der Waals surface area contributed by atoms with Gasteiger partial charge in [-0.15, -0.1) is 0 Å². The molecule has 0 aliphatic heterocycles. The highest BCUT2D eigenvalue weighted by molar-refractivity contribution is 6.08. The van der Waals surface area contributed by atoms with E-state index in [2.05, 4.69) is 5.10 Å². The van der Waals surface area contributed by atoms with Gasteiger partial charge < -0.3 is 9.67 Å². The molecule has 0 spiro atoms. The van der Waals surface area contributed by atoms with E-state index in [0.29, 0.717) is 12.2 Å². The van der Waals surface area contributed by atoms with E-state index in [1.54, 1.807) is 23.9 Å². The molecule has 2 heterocycles. The first-order chi connectivity index (χ1) is 12.1. The number of hydrogen-bond acceptors (Lipinski definition) is 2. The van der Waals surface area contributed by atoms with Crippen LogP contribution < -0.4 is 0 Å². The van der Waals surface area contributed by atoms with Crippen LogP contribution in [0, 0.1) is 10.8 Å². The van der Waals surface area contributed by atoms with Gasteiger partial charge in [-0.05, 0) is 42.9 Å². The van der Waals surface area contributed by atoms with Crippen LogP contribution in [-0.2, 0) is 13.6 Å². The molecule has 1 N–H and O–H groups in total. The minimum Gasteiger partial charge on any atom is -0.478 e. The van der Waals surface area contributed by atoms with Crippen LogP contribution in [-0.4, -0.2) is 31.6 Å². The third-order valence-electron chi connectivity index (χ3n) is 6.12. The highest BCUT2D eigenvalue weighted by Gasteiger charge is 2.78. The molecular weight excluding hydrogens is 347 g/mol. The van der Waals surface area contributed by atoms with Crippen molar-refractivity contribution in [1.29, 1.82) is 0 Å². The second-order valence-electron chi connectivity index (χ2n) is 7.97. The molecule has 3 saturated carbocycles. The number of hydrogen-bond donors (Lipinski definition) is 1. The van der Waals surface area contributed by atoms with Crippen LogP contribution in [0.3, 0.4) is 0 Å². The second-order valence-corrected chi connectivity index (χ2v) is 7.97. The molecule has 2 aromatic heterocycles. The molecule has 5 nitrogen and oxygen atoms in total. The molecular formula is C18H16F3N3O2. The number of aromatic carboxylic acids is 1. The average Bonchev–Trinajstić information content (AvgIpc) is 2.95. The second kappa shape index (κ2) is 4.42. The number of carboxylic acids is 1. The van der Waals surface area contributed by atoms with Gasteiger partial charge in [-0.25, -0.2) is 4.79 Å². The number of carbonyl (C=O) groups is 1. The maximum atomic E-state index is 13.1. The summed E-state index contributed by atoms with van der Waals surface area (Å²) >= 11 is 0. The van der Waals surface area contributed by atoms with Gasteiger partial charge in [0.1, 0.15) is 0 Å². The van der Waals surface area contributed by atoms with Crippen LogP contribution in [0.4, 0.5) is 13.2 Å². The fourth-order valence-corrected chi connectivity index (χ4v) is 5.06. The molecule has 2 bridgehead atoms. The number of alkyl halides is 3. The first kappa shape index (κ1) is 15.7. The van der Waals surface area contributed by atoms with E-state index in [9.17, 15) is 23.1 Å². The largest absolute Gasteiger partial charge is 0.478 e. The number of benzene rings is 1. The molecule has 6 rings (SSSR count). The van der Waals surface area contributed by atoms with E-state index < -0.39 is 17.6 Å². The molecule has 0 radical (unpaired) electrons. The maximum Gasteiger partial charge on any atom is 0.394 e. The van der Waals surface area contributed by atoms with Gasteiger partial charge in [-0.1, -0.05) is 0 Å². The highest BCUT2D eigenvalue weighted by Crippen LogP contribution is 2.79. The van der Waals surface area contributed by atoms with Gasteiger partial charge in [0, 0.05) is 30.6 Å². The van der Waals surface area contributed by atoms with Crippen LogP contribution >= 0.6 is 0 Å². The van der Waals surface area contributed by atoms with Crippen molar-refractivity contribution >= 4 is 27.9 Å². The van der Waals surface area contributed by atoms with Gasteiger partial charge in [0.2, 0.25) is 0 Å². The Morgan fingerprint density at radius 2 is 1.96 bits per heavy atom. The Morgan fingerprint density at radius 1 is 1.27 bits per heavy atom. The topological polar surface area (TPSA) is 60.1 Å². The van der Waals surface area contributed by atoms with E-state index in [0.717, 1.165) is 16.3 Å². The summed E-state index contributed by atoms with van der Waals surface area (Å²) in [5, 5.41) is 15.3. The van der Waals surface area contributed by atoms with Gasteiger partial charge >= 0.3 is 12.1 Å². The van der Waals surface area contributed by atoms with Gasteiger partial charge in [0.05, 0.1) is 16.5 Å². The van der Waals surface area contributed by atoms with Crippen LogP contribution in [0.25, 0.3) is 21.9 Å². The minimum atomic E-state index is -4.12. The molecule has 0 atom stereocenters. The molecule has 3 fully saturated rings. The molecule has 8 heteroatoms. The lowest BCUT2D eigenvalue weighted by Gasteiger charge is -2.70. The van der Waals surface area contributed by atoms with Crippen LogP contribution in [0.5, 0.6) is 0 Å². The summed E-state index contributed by atoms with van der Waals surface area (Å²) in [6, 6.07) is 4.86. The van der Waals surface area contributed by atoms with Gasteiger partial charge in [0.15, 0.2) is 5.65 Å². The summed E-state index contributed by atoms with van der Waals surface area (Å²) in [5.41, 5.74) is -0.107. The molecule has 1 aromatic carbocycles. The van der Waals surface area contributed by atoms with Crippen molar-refractivity contribution in [2.75, 3.05) is 0 Å². The smallest absolute Gasteiger partial charge is 0.394 e. The average molecular weight is 363 g/mol. The van der Waals surface area contributed by atoms with Crippen LogP contribution in [0.2, 0.25) is 0 Å². The SMILES string of the molecule is Cn1cc2c3cc(C(=O)O)ccc3n(CC34CC(C(F)(F)F)(C3)C4)c2n1. The summed E-state index contributed by atoms with van der Waals surface area (Å²) in [6.45, 7) is 0.480. The Labute approximate surface area is 146 Å². The van der Waals surface area contributed by atoms with Gasteiger partial charge in [-0.2, -0.15) is 18.3 Å². The molecule has 136 valence electrons. The summed E-state index contributed by atoms with van der Waals surface area (Å²) in [7, 11) is 1.77. The van der Waals surface area contributed by atoms with Crippen molar-refractivity contribution in [3.05, 3.63) is 30.0 Å². The number of nitrogens with zero attached hydrogens (tertiary/aromatic N) is 3. The van der Waals surface area contributed by atoms with Crippen molar-refractivity contribution in [1.82, 2.24) is 14.3 Å². The Hall–Kier alpha value is -2.51. The molecule has 26 heavy (non-hydrogen) atoms. The lowest BCUT2D eigenvalue weighted by atomic mass is 9.35. The lowest BCUT2D eigenvalue weighted by molar-refractivity contribution is -0.365. The van der Waals surface area contributed by atoms with E-state index in [-0.39, 0.29) is 30.2 Å². The van der Waals surface area contributed by atoms with Crippen molar-refractivity contribution < 1.29 is 23.1 Å². The van der Waals surface area contributed by atoms with Crippen LogP contribution in [0.15, 0.2) is 24.4 Å². The predicted molar refractivity (Wildman–Crippen MR) is 87.9 cm³/mol. The van der Waals surface area contributed by atoms with Crippen molar-refractivity contribution in [3.63, 3.8) is 0 Å². The molecule has 3 aliphatic rings. The number of halogens is 3. The third kappa shape index (κ3) is 1.82.